The van der Waals surface area contributed by atoms with E-state index < -0.39 is 0 Å². The summed E-state index contributed by atoms with van der Waals surface area (Å²) in [6, 6.07) is 5.80. The quantitative estimate of drug-likeness (QED) is 0.437. The molecule has 1 aromatic carbocycles. The standard InChI is InChI=1S/C21H31NO5/c1-6-26-18-9-8-17(15-19(18)27-7-2)10-12-22(13-11-21(24)25-5)20(23)14-16(3)4/h8-9,14-15H,6-7,10-13H2,1-5H3. The van der Waals surface area contributed by atoms with E-state index in [0.717, 1.165) is 11.1 Å². The zero-order chi connectivity index (χ0) is 20.2. The third-order valence-electron chi connectivity index (χ3n) is 3.82. The minimum atomic E-state index is -0.329. The number of ether oxygens (including phenoxy) is 3. The predicted octanol–water partition coefficient (Wildman–Crippen LogP) is 3.38. The fourth-order valence-electron chi connectivity index (χ4n) is 2.51. The van der Waals surface area contributed by atoms with Gasteiger partial charge in [0.1, 0.15) is 0 Å². The monoisotopic (exact) mass is 377 g/mol. The number of rotatable bonds is 11. The van der Waals surface area contributed by atoms with Gasteiger partial charge in [-0.15, -0.1) is 0 Å². The first kappa shape index (κ1) is 22.5. The molecule has 6 nitrogen and oxygen atoms in total. The van der Waals surface area contributed by atoms with E-state index in [1.165, 1.54) is 7.11 Å². The molecule has 27 heavy (non-hydrogen) atoms. The van der Waals surface area contributed by atoms with Crippen LogP contribution in [0.2, 0.25) is 0 Å². The van der Waals surface area contributed by atoms with Crippen molar-refractivity contribution in [2.45, 2.75) is 40.5 Å². The third kappa shape index (κ3) is 8.15. The van der Waals surface area contributed by atoms with Crippen LogP contribution in [-0.4, -0.2) is 50.2 Å². The minimum Gasteiger partial charge on any atom is -0.490 e. The van der Waals surface area contributed by atoms with E-state index in [2.05, 4.69) is 4.74 Å². The Morgan fingerprint density at radius 1 is 1.04 bits per heavy atom. The highest BCUT2D eigenvalue weighted by molar-refractivity contribution is 5.88. The molecule has 1 aromatic rings. The van der Waals surface area contributed by atoms with Crippen LogP contribution in [0, 0.1) is 0 Å². The molecule has 0 atom stereocenters. The Morgan fingerprint density at radius 2 is 1.70 bits per heavy atom. The van der Waals surface area contributed by atoms with Crippen LogP contribution in [-0.2, 0) is 20.7 Å². The summed E-state index contributed by atoms with van der Waals surface area (Å²) in [6.07, 6.45) is 2.41. The van der Waals surface area contributed by atoms with Crippen LogP contribution in [0.15, 0.2) is 29.8 Å². The zero-order valence-electron chi connectivity index (χ0n) is 17.0. The Labute approximate surface area is 162 Å². The highest BCUT2D eigenvalue weighted by atomic mass is 16.5. The first-order valence-corrected chi connectivity index (χ1v) is 9.30. The van der Waals surface area contributed by atoms with E-state index in [1.54, 1.807) is 11.0 Å². The Bertz CT molecular complexity index is 650. The summed E-state index contributed by atoms with van der Waals surface area (Å²) in [5.74, 6) is 0.986. The van der Waals surface area contributed by atoms with Crippen molar-refractivity contribution in [3.05, 3.63) is 35.4 Å². The average Bonchev–Trinajstić information content (AvgIpc) is 2.63. The smallest absolute Gasteiger partial charge is 0.307 e. The lowest BCUT2D eigenvalue weighted by atomic mass is 10.1. The number of benzene rings is 1. The molecule has 150 valence electrons. The molecule has 0 aliphatic rings. The summed E-state index contributed by atoms with van der Waals surface area (Å²) >= 11 is 0. The fourth-order valence-corrected chi connectivity index (χ4v) is 2.51. The summed E-state index contributed by atoms with van der Waals surface area (Å²) in [6.45, 7) is 9.54. The van der Waals surface area contributed by atoms with Crippen LogP contribution in [0.25, 0.3) is 0 Å². The van der Waals surface area contributed by atoms with Gasteiger partial charge in [-0.05, 0) is 51.8 Å². The predicted molar refractivity (Wildman–Crippen MR) is 105 cm³/mol. The van der Waals surface area contributed by atoms with Gasteiger partial charge in [0.2, 0.25) is 5.91 Å². The molecule has 0 N–H and O–H groups in total. The van der Waals surface area contributed by atoms with E-state index in [0.29, 0.717) is 44.2 Å². The van der Waals surface area contributed by atoms with Crippen LogP contribution < -0.4 is 9.47 Å². The summed E-state index contributed by atoms with van der Waals surface area (Å²) in [5, 5.41) is 0. The Balaban J connectivity index is 2.86. The van der Waals surface area contributed by atoms with Crippen molar-refractivity contribution >= 4 is 11.9 Å². The van der Waals surface area contributed by atoms with E-state index in [-0.39, 0.29) is 18.3 Å². The van der Waals surface area contributed by atoms with Crippen molar-refractivity contribution in [2.75, 3.05) is 33.4 Å². The number of nitrogens with zero attached hydrogens (tertiary/aromatic N) is 1. The molecule has 1 amide bonds. The molecule has 0 fully saturated rings. The Kier molecular flexibility index (Phi) is 10.0. The third-order valence-corrected chi connectivity index (χ3v) is 3.82. The number of methoxy groups -OCH3 is 1. The maximum atomic E-state index is 12.4. The van der Waals surface area contributed by atoms with E-state index in [1.807, 2.05) is 45.9 Å². The van der Waals surface area contributed by atoms with Crippen LogP contribution >= 0.6 is 0 Å². The SMILES string of the molecule is CCOc1ccc(CCN(CCC(=O)OC)C(=O)C=C(C)C)cc1OCC. The average molecular weight is 377 g/mol. The molecule has 1 rings (SSSR count). The van der Waals surface area contributed by atoms with Crippen LogP contribution in [0.5, 0.6) is 11.5 Å². The number of hydrogen-bond donors (Lipinski definition) is 0. The van der Waals surface area contributed by atoms with Gasteiger partial charge in [0.05, 0.1) is 26.7 Å². The molecule has 0 bridgehead atoms. The Morgan fingerprint density at radius 3 is 2.30 bits per heavy atom. The summed E-state index contributed by atoms with van der Waals surface area (Å²) in [5.41, 5.74) is 1.96. The second-order valence-electron chi connectivity index (χ2n) is 6.27. The number of hydrogen-bond acceptors (Lipinski definition) is 5. The zero-order valence-corrected chi connectivity index (χ0v) is 17.0. The number of allylic oxidation sites excluding steroid dienone is 1. The summed E-state index contributed by atoms with van der Waals surface area (Å²) in [4.78, 5) is 25.5. The van der Waals surface area contributed by atoms with E-state index in [4.69, 9.17) is 9.47 Å². The molecule has 0 heterocycles. The first-order valence-electron chi connectivity index (χ1n) is 9.30. The molecule has 0 aliphatic carbocycles. The maximum Gasteiger partial charge on any atom is 0.307 e. The van der Waals surface area contributed by atoms with Gasteiger partial charge in [-0.3, -0.25) is 9.59 Å². The van der Waals surface area contributed by atoms with Gasteiger partial charge < -0.3 is 19.1 Å². The maximum absolute atomic E-state index is 12.4. The van der Waals surface area contributed by atoms with Crippen LogP contribution in [0.3, 0.4) is 0 Å². The molecule has 0 aromatic heterocycles. The number of amides is 1. The largest absolute Gasteiger partial charge is 0.490 e. The molecular formula is C21H31NO5. The topological polar surface area (TPSA) is 65.1 Å². The van der Waals surface area contributed by atoms with Gasteiger partial charge in [-0.25, -0.2) is 0 Å². The molecule has 0 spiro atoms. The molecule has 6 heteroatoms. The van der Waals surface area contributed by atoms with E-state index >= 15 is 0 Å². The first-order chi connectivity index (χ1) is 12.9. The van der Waals surface area contributed by atoms with Crippen molar-refractivity contribution < 1.29 is 23.8 Å². The lowest BCUT2D eigenvalue weighted by Crippen LogP contribution is -2.34. The molecular weight excluding hydrogens is 346 g/mol. The number of carbonyl (C=O) groups is 2. The van der Waals surface area contributed by atoms with Gasteiger partial charge in [0, 0.05) is 19.2 Å². The normalized spacial score (nSPS) is 10.1. The van der Waals surface area contributed by atoms with Gasteiger partial charge in [-0.1, -0.05) is 11.6 Å². The van der Waals surface area contributed by atoms with Crippen molar-refractivity contribution in [1.82, 2.24) is 4.90 Å². The molecule has 0 radical (unpaired) electrons. The molecule has 0 saturated heterocycles. The lowest BCUT2D eigenvalue weighted by molar-refractivity contribution is -0.141. The number of carbonyl (C=O) groups excluding carboxylic acids is 2. The van der Waals surface area contributed by atoms with Crippen molar-refractivity contribution in [3.8, 4) is 11.5 Å². The lowest BCUT2D eigenvalue weighted by Gasteiger charge is -2.21. The van der Waals surface area contributed by atoms with Gasteiger partial charge in [0.25, 0.3) is 0 Å². The second kappa shape index (κ2) is 12.0. The highest BCUT2D eigenvalue weighted by Crippen LogP contribution is 2.28. The molecule has 0 aliphatic heterocycles. The van der Waals surface area contributed by atoms with Crippen molar-refractivity contribution in [2.24, 2.45) is 0 Å². The minimum absolute atomic E-state index is 0.102. The summed E-state index contributed by atoms with van der Waals surface area (Å²) in [7, 11) is 1.35. The molecule has 0 unspecified atom stereocenters. The summed E-state index contributed by atoms with van der Waals surface area (Å²) < 4.78 is 15.9. The van der Waals surface area contributed by atoms with Gasteiger partial charge in [0.15, 0.2) is 11.5 Å². The van der Waals surface area contributed by atoms with Crippen LogP contribution in [0.4, 0.5) is 0 Å². The molecule has 0 saturated carbocycles. The van der Waals surface area contributed by atoms with Gasteiger partial charge in [-0.2, -0.15) is 0 Å². The van der Waals surface area contributed by atoms with Crippen molar-refractivity contribution in [3.63, 3.8) is 0 Å². The Hall–Kier alpha value is -2.50. The highest BCUT2D eigenvalue weighted by Gasteiger charge is 2.14. The van der Waals surface area contributed by atoms with E-state index in [9.17, 15) is 9.59 Å². The second-order valence-corrected chi connectivity index (χ2v) is 6.27. The fraction of sp³-hybridized carbons (Fsp3) is 0.524. The number of esters is 1. The van der Waals surface area contributed by atoms with Gasteiger partial charge >= 0.3 is 5.97 Å². The van der Waals surface area contributed by atoms with Crippen LogP contribution in [0.1, 0.15) is 39.7 Å². The van der Waals surface area contributed by atoms with Crippen molar-refractivity contribution in [1.29, 1.82) is 0 Å².